The molecule has 4 fully saturated rings. The van der Waals surface area contributed by atoms with E-state index < -0.39 is 11.4 Å². The summed E-state index contributed by atoms with van der Waals surface area (Å²) < 4.78 is 18.0. The molecule has 55 heavy (non-hydrogen) atoms. The summed E-state index contributed by atoms with van der Waals surface area (Å²) in [7, 11) is 3.19. The van der Waals surface area contributed by atoms with Crippen LogP contribution in [0.1, 0.15) is 73.3 Å². The zero-order chi connectivity index (χ0) is 38.3. The Morgan fingerprint density at radius 3 is 2.42 bits per heavy atom. The number of aromatic nitrogens is 2. The molecule has 1 amide bonds. The number of carboxylic acid groups (broad SMARTS) is 1. The Labute approximate surface area is 330 Å². The van der Waals surface area contributed by atoms with E-state index in [4.69, 9.17) is 47.4 Å². The second-order valence-corrected chi connectivity index (χ2v) is 15.9. The van der Waals surface area contributed by atoms with Crippen LogP contribution in [0.2, 0.25) is 10.0 Å². The number of halogens is 2. The van der Waals surface area contributed by atoms with E-state index in [0.717, 1.165) is 83.9 Å². The number of pyridine rings is 2. The lowest BCUT2D eigenvalue weighted by Crippen LogP contribution is -2.56. The summed E-state index contributed by atoms with van der Waals surface area (Å²) in [6.45, 7) is 2.26. The number of fused-ring (bicyclic) bond motifs is 4. The molecule has 2 aliphatic carbocycles. The second-order valence-electron chi connectivity index (χ2n) is 15.1. The quantitative estimate of drug-likeness (QED) is 0.126. The topological polar surface area (TPSA) is 135 Å². The molecule has 2 bridgehead atoms. The average Bonchev–Trinajstić information content (AvgIpc) is 3.81. The number of methoxy groups -OCH3 is 2. The SMILES string of the molecule is COc1nc(-c2cccc(-c3cccc4c3CC[C@@H]4Oc3nc(OC)c(CN4CC5(C(=O)O)CCC4CC5)cc3Cl)c2Cl)ccc1CNC[C@@H]1CCC(=O)N1. The predicted molar refractivity (Wildman–Crippen MR) is 210 cm³/mol. The first-order valence-corrected chi connectivity index (χ1v) is 19.7. The van der Waals surface area contributed by atoms with Crippen LogP contribution in [0.4, 0.5) is 0 Å². The molecule has 0 unspecified atom stereocenters. The second kappa shape index (κ2) is 15.6. The fourth-order valence-corrected chi connectivity index (χ4v) is 9.50. The number of carbonyl (C=O) groups is 2. The first-order valence-electron chi connectivity index (χ1n) is 19.0. The van der Waals surface area contributed by atoms with Gasteiger partial charge >= 0.3 is 5.97 Å². The lowest BCUT2D eigenvalue weighted by atomic mass is 9.67. The van der Waals surface area contributed by atoms with E-state index >= 15 is 0 Å². The number of aliphatic carboxylic acids is 1. The van der Waals surface area contributed by atoms with Gasteiger partial charge in [0.25, 0.3) is 0 Å². The number of nitrogens with zero attached hydrogens (tertiary/aromatic N) is 3. The van der Waals surface area contributed by atoms with Gasteiger partial charge in [-0.25, -0.2) is 4.98 Å². The minimum Gasteiger partial charge on any atom is -0.481 e. The van der Waals surface area contributed by atoms with Crippen LogP contribution in [0.15, 0.2) is 54.6 Å². The molecule has 2 aromatic heterocycles. The van der Waals surface area contributed by atoms with E-state index in [1.807, 2.05) is 42.5 Å². The lowest BCUT2D eigenvalue weighted by Gasteiger charge is -2.50. The van der Waals surface area contributed by atoms with Crippen molar-refractivity contribution in [2.24, 2.45) is 5.41 Å². The number of hydrogen-bond acceptors (Lipinski definition) is 9. The Morgan fingerprint density at radius 2 is 1.67 bits per heavy atom. The maximum Gasteiger partial charge on any atom is 0.310 e. The van der Waals surface area contributed by atoms with Crippen molar-refractivity contribution >= 4 is 35.1 Å². The number of benzene rings is 2. The van der Waals surface area contributed by atoms with Crippen LogP contribution in [0.5, 0.6) is 17.6 Å². The Hall–Kier alpha value is -4.42. The minimum atomic E-state index is -0.710. The monoisotopic (exact) mass is 785 g/mol. The molecular weight excluding hydrogens is 741 g/mol. The van der Waals surface area contributed by atoms with Gasteiger partial charge in [-0.1, -0.05) is 65.7 Å². The molecule has 0 spiro atoms. The minimum absolute atomic E-state index is 0.100. The van der Waals surface area contributed by atoms with Crippen LogP contribution >= 0.6 is 23.2 Å². The van der Waals surface area contributed by atoms with Gasteiger partial charge in [0.1, 0.15) is 11.1 Å². The molecule has 2 atom stereocenters. The maximum atomic E-state index is 12.2. The normalized spacial score (nSPS) is 23.1. The number of carbonyl (C=O) groups excluding carboxylic acids is 1. The number of piperidine rings is 2. The van der Waals surface area contributed by atoms with Crippen LogP contribution in [0.3, 0.4) is 0 Å². The van der Waals surface area contributed by atoms with Crippen molar-refractivity contribution in [2.75, 3.05) is 27.3 Å². The zero-order valence-electron chi connectivity index (χ0n) is 31.0. The van der Waals surface area contributed by atoms with Crippen molar-refractivity contribution in [1.82, 2.24) is 25.5 Å². The molecule has 3 aliphatic heterocycles. The van der Waals surface area contributed by atoms with Gasteiger partial charge in [-0.3, -0.25) is 14.5 Å². The van der Waals surface area contributed by atoms with Crippen molar-refractivity contribution in [1.29, 1.82) is 0 Å². The summed E-state index contributed by atoms with van der Waals surface area (Å²) in [4.78, 5) is 35.5. The van der Waals surface area contributed by atoms with Crippen LogP contribution in [-0.4, -0.2) is 71.2 Å². The van der Waals surface area contributed by atoms with Crippen LogP contribution in [-0.2, 0) is 29.1 Å². The van der Waals surface area contributed by atoms with Crippen LogP contribution in [0, 0.1) is 5.41 Å². The highest BCUT2D eigenvalue weighted by Crippen LogP contribution is 2.47. The Morgan fingerprint density at radius 1 is 0.927 bits per heavy atom. The highest BCUT2D eigenvalue weighted by molar-refractivity contribution is 6.36. The van der Waals surface area contributed by atoms with Gasteiger partial charge in [-0.15, -0.1) is 0 Å². The third-order valence-electron chi connectivity index (χ3n) is 11.9. The van der Waals surface area contributed by atoms with Crippen molar-refractivity contribution in [2.45, 2.75) is 82.6 Å². The average molecular weight is 787 g/mol. The highest BCUT2D eigenvalue weighted by atomic mass is 35.5. The Bertz CT molecular complexity index is 2120. The van der Waals surface area contributed by atoms with Gasteiger partial charge in [0, 0.05) is 66.9 Å². The van der Waals surface area contributed by atoms with E-state index in [1.165, 1.54) is 0 Å². The van der Waals surface area contributed by atoms with Gasteiger partial charge < -0.3 is 30.0 Å². The van der Waals surface area contributed by atoms with Gasteiger partial charge in [-0.05, 0) is 73.8 Å². The van der Waals surface area contributed by atoms with E-state index in [0.29, 0.717) is 72.0 Å². The summed E-state index contributed by atoms with van der Waals surface area (Å²) in [6.07, 6.45) is 5.83. The molecule has 1 saturated carbocycles. The molecule has 288 valence electrons. The molecule has 4 aromatic rings. The Kier molecular flexibility index (Phi) is 10.6. The van der Waals surface area contributed by atoms with Gasteiger partial charge in [-0.2, -0.15) is 4.98 Å². The number of hydrogen-bond donors (Lipinski definition) is 3. The van der Waals surface area contributed by atoms with Crippen molar-refractivity contribution < 1.29 is 28.9 Å². The van der Waals surface area contributed by atoms with E-state index in [2.05, 4.69) is 27.7 Å². The fourth-order valence-electron chi connectivity index (χ4n) is 8.95. The van der Waals surface area contributed by atoms with Gasteiger partial charge in [0.05, 0.1) is 30.4 Å². The number of nitrogens with one attached hydrogen (secondary N) is 2. The molecular formula is C42H45Cl2N5O6. The van der Waals surface area contributed by atoms with Crippen molar-refractivity contribution in [3.05, 3.63) is 86.9 Å². The van der Waals surface area contributed by atoms with Crippen molar-refractivity contribution in [3.8, 4) is 40.0 Å². The smallest absolute Gasteiger partial charge is 0.310 e. The first-order chi connectivity index (χ1) is 26.7. The van der Waals surface area contributed by atoms with E-state index in [9.17, 15) is 14.7 Å². The standard InChI is InChI=1S/C42H45Cl2N5O6/c1-53-38-24(20-45-21-26-10-14-36(50)46-26)9-12-34(47-38)32-8-4-7-31(37(32)44)28-5-3-6-30-29(28)11-13-35(30)55-40-33(43)19-25(39(48-40)54-2)22-49-23-42(41(51)52)17-15-27(49)16-18-42/h3-9,12,19,26-27,35,45H,10-11,13-18,20-23H2,1-2H3,(H,46,50)(H,51,52)/t26-,27?,35-,42?/m0/s1. The molecule has 3 N–H and O–H groups in total. The molecule has 3 saturated heterocycles. The summed E-state index contributed by atoms with van der Waals surface area (Å²) in [6, 6.07) is 18.5. The maximum absolute atomic E-state index is 12.2. The predicted octanol–water partition coefficient (Wildman–Crippen LogP) is 7.40. The third kappa shape index (κ3) is 7.35. The van der Waals surface area contributed by atoms with Gasteiger partial charge in [0.15, 0.2) is 0 Å². The van der Waals surface area contributed by atoms with Crippen molar-refractivity contribution in [3.63, 3.8) is 0 Å². The number of rotatable bonds is 13. The lowest BCUT2D eigenvalue weighted by molar-refractivity contribution is -0.160. The highest BCUT2D eigenvalue weighted by Gasteiger charge is 2.49. The number of ether oxygens (including phenoxy) is 3. The van der Waals surface area contributed by atoms with E-state index in [-0.39, 0.29) is 18.1 Å². The number of carboxylic acids is 1. The summed E-state index contributed by atoms with van der Waals surface area (Å²) >= 11 is 14.0. The zero-order valence-corrected chi connectivity index (χ0v) is 32.5. The van der Waals surface area contributed by atoms with Gasteiger partial charge in [0.2, 0.25) is 23.5 Å². The summed E-state index contributed by atoms with van der Waals surface area (Å²) in [5.74, 6) is 0.637. The molecule has 11 nitrogen and oxygen atoms in total. The van der Waals surface area contributed by atoms with E-state index in [1.54, 1.807) is 14.2 Å². The molecule has 5 aliphatic rings. The molecule has 2 aromatic carbocycles. The Balaban J connectivity index is 0.994. The van der Waals surface area contributed by atoms with Crippen LogP contribution in [0.25, 0.3) is 22.4 Å². The molecule has 0 radical (unpaired) electrons. The largest absolute Gasteiger partial charge is 0.481 e. The number of amides is 1. The molecule has 9 rings (SSSR count). The third-order valence-corrected chi connectivity index (χ3v) is 12.6. The summed E-state index contributed by atoms with van der Waals surface area (Å²) in [5.41, 5.74) is 6.69. The van der Waals surface area contributed by atoms with Crippen LogP contribution < -0.4 is 24.8 Å². The molecule has 13 heteroatoms. The fraction of sp³-hybridized carbons (Fsp3) is 0.429. The first kappa shape index (κ1) is 37.5. The molecule has 5 heterocycles. The summed E-state index contributed by atoms with van der Waals surface area (Å²) in [5, 5.41) is 17.4.